The Bertz CT molecular complexity index is 248. The molecule has 1 rings (SSSR count). The molecule has 1 aromatic carbocycles. The van der Waals surface area contributed by atoms with E-state index < -0.39 is 0 Å². The lowest BCUT2D eigenvalue weighted by Crippen LogP contribution is -2.22. The Morgan fingerprint density at radius 3 is 2.69 bits per heavy atom. The van der Waals surface area contributed by atoms with Crippen LogP contribution in [0.1, 0.15) is 0 Å². The standard InChI is InChI=1S/C10H13NO2/c1-11(9-12)7-8-13-10-5-3-2-4-6-10/h2-6,9H,7-8H2,1H3. The lowest BCUT2D eigenvalue weighted by Gasteiger charge is -2.11. The van der Waals surface area contributed by atoms with Crippen LogP contribution in [0, 0.1) is 0 Å². The van der Waals surface area contributed by atoms with Crippen molar-refractivity contribution in [3.05, 3.63) is 30.3 Å². The fourth-order valence-electron chi connectivity index (χ4n) is 0.877. The van der Waals surface area contributed by atoms with Crippen molar-refractivity contribution in [1.29, 1.82) is 0 Å². The zero-order valence-corrected chi connectivity index (χ0v) is 7.64. The smallest absolute Gasteiger partial charge is 0.209 e. The van der Waals surface area contributed by atoms with Crippen LogP contribution in [0.4, 0.5) is 0 Å². The number of carbonyl (C=O) groups excluding carboxylic acids is 1. The van der Waals surface area contributed by atoms with E-state index >= 15 is 0 Å². The third kappa shape index (κ3) is 3.60. The summed E-state index contributed by atoms with van der Waals surface area (Å²) in [5.41, 5.74) is 0. The van der Waals surface area contributed by atoms with Gasteiger partial charge >= 0.3 is 0 Å². The Morgan fingerprint density at radius 2 is 2.08 bits per heavy atom. The van der Waals surface area contributed by atoms with Crippen molar-refractivity contribution >= 4 is 6.41 Å². The Labute approximate surface area is 77.9 Å². The van der Waals surface area contributed by atoms with Crippen LogP contribution in [-0.4, -0.2) is 31.5 Å². The van der Waals surface area contributed by atoms with Crippen LogP contribution in [0.3, 0.4) is 0 Å². The van der Waals surface area contributed by atoms with Gasteiger partial charge in [-0.3, -0.25) is 4.79 Å². The lowest BCUT2D eigenvalue weighted by atomic mass is 10.3. The van der Waals surface area contributed by atoms with E-state index in [2.05, 4.69) is 0 Å². The number of hydrogen-bond acceptors (Lipinski definition) is 2. The van der Waals surface area contributed by atoms with Gasteiger partial charge < -0.3 is 9.64 Å². The molecule has 0 bridgehead atoms. The summed E-state index contributed by atoms with van der Waals surface area (Å²) >= 11 is 0. The second-order valence-corrected chi connectivity index (χ2v) is 2.75. The molecule has 0 saturated carbocycles. The molecule has 70 valence electrons. The highest BCUT2D eigenvalue weighted by atomic mass is 16.5. The van der Waals surface area contributed by atoms with Gasteiger partial charge in [0.1, 0.15) is 12.4 Å². The molecule has 0 atom stereocenters. The van der Waals surface area contributed by atoms with Crippen LogP contribution >= 0.6 is 0 Å². The Balaban J connectivity index is 2.24. The van der Waals surface area contributed by atoms with Crippen molar-refractivity contribution in [2.24, 2.45) is 0 Å². The van der Waals surface area contributed by atoms with Gasteiger partial charge in [0, 0.05) is 7.05 Å². The molecule has 13 heavy (non-hydrogen) atoms. The van der Waals surface area contributed by atoms with Crippen LogP contribution in [0.2, 0.25) is 0 Å². The SMILES string of the molecule is CN(C=O)CCOc1ccccc1. The molecule has 0 saturated heterocycles. The highest BCUT2D eigenvalue weighted by Crippen LogP contribution is 2.07. The summed E-state index contributed by atoms with van der Waals surface area (Å²) in [7, 11) is 1.72. The van der Waals surface area contributed by atoms with E-state index in [4.69, 9.17) is 4.74 Å². The highest BCUT2D eigenvalue weighted by molar-refractivity contribution is 5.46. The molecule has 0 aliphatic rings. The molecule has 1 amide bonds. The molecular weight excluding hydrogens is 166 g/mol. The summed E-state index contributed by atoms with van der Waals surface area (Å²) in [4.78, 5) is 11.8. The number of nitrogens with zero attached hydrogens (tertiary/aromatic N) is 1. The summed E-state index contributed by atoms with van der Waals surface area (Å²) in [6, 6.07) is 9.55. The molecule has 0 unspecified atom stereocenters. The van der Waals surface area contributed by atoms with Gasteiger partial charge in [0.15, 0.2) is 0 Å². The summed E-state index contributed by atoms with van der Waals surface area (Å²) in [5.74, 6) is 0.835. The first kappa shape index (κ1) is 9.58. The Morgan fingerprint density at radius 1 is 1.38 bits per heavy atom. The normalized spacial score (nSPS) is 9.31. The van der Waals surface area contributed by atoms with E-state index in [0.717, 1.165) is 12.2 Å². The maximum Gasteiger partial charge on any atom is 0.209 e. The molecular formula is C10H13NO2. The van der Waals surface area contributed by atoms with Gasteiger partial charge in [0.25, 0.3) is 0 Å². The van der Waals surface area contributed by atoms with Gasteiger partial charge in [-0.2, -0.15) is 0 Å². The van der Waals surface area contributed by atoms with E-state index in [0.29, 0.717) is 13.2 Å². The summed E-state index contributed by atoms with van der Waals surface area (Å²) in [6.07, 6.45) is 0.786. The largest absolute Gasteiger partial charge is 0.492 e. The average Bonchev–Trinajstić information content (AvgIpc) is 2.19. The van der Waals surface area contributed by atoms with Crippen LogP contribution in [-0.2, 0) is 4.79 Å². The van der Waals surface area contributed by atoms with Gasteiger partial charge in [-0.25, -0.2) is 0 Å². The molecule has 3 nitrogen and oxygen atoms in total. The Kier molecular flexibility index (Phi) is 3.82. The zero-order chi connectivity index (χ0) is 9.52. The number of carbonyl (C=O) groups is 1. The van der Waals surface area contributed by atoms with Crippen molar-refractivity contribution in [2.75, 3.05) is 20.2 Å². The Hall–Kier alpha value is -1.51. The van der Waals surface area contributed by atoms with Crippen LogP contribution in [0.15, 0.2) is 30.3 Å². The van der Waals surface area contributed by atoms with E-state index in [9.17, 15) is 4.79 Å². The minimum atomic E-state index is 0.527. The molecule has 0 aromatic heterocycles. The minimum absolute atomic E-state index is 0.527. The summed E-state index contributed by atoms with van der Waals surface area (Å²) in [6.45, 7) is 1.14. The van der Waals surface area contributed by atoms with Crippen molar-refractivity contribution < 1.29 is 9.53 Å². The summed E-state index contributed by atoms with van der Waals surface area (Å²) < 4.78 is 5.38. The lowest BCUT2D eigenvalue weighted by molar-refractivity contribution is -0.117. The number of likely N-dealkylation sites (N-methyl/N-ethyl adjacent to an activating group) is 1. The molecule has 0 heterocycles. The topological polar surface area (TPSA) is 29.5 Å². The second kappa shape index (κ2) is 5.19. The molecule has 0 fully saturated rings. The molecule has 0 spiro atoms. The zero-order valence-electron chi connectivity index (χ0n) is 7.64. The predicted molar refractivity (Wildman–Crippen MR) is 50.6 cm³/mol. The third-order valence-corrected chi connectivity index (χ3v) is 1.64. The average molecular weight is 179 g/mol. The number of ether oxygens (including phenoxy) is 1. The van der Waals surface area contributed by atoms with Crippen LogP contribution in [0.5, 0.6) is 5.75 Å². The number of amides is 1. The number of hydrogen-bond donors (Lipinski definition) is 0. The van der Waals surface area contributed by atoms with Crippen molar-refractivity contribution in [3.8, 4) is 5.75 Å². The first-order valence-electron chi connectivity index (χ1n) is 4.16. The van der Waals surface area contributed by atoms with Gasteiger partial charge in [-0.15, -0.1) is 0 Å². The monoisotopic (exact) mass is 179 g/mol. The molecule has 3 heteroatoms. The molecule has 0 N–H and O–H groups in total. The predicted octanol–water partition coefficient (Wildman–Crippen LogP) is 1.15. The fraction of sp³-hybridized carbons (Fsp3) is 0.300. The van der Waals surface area contributed by atoms with Crippen molar-refractivity contribution in [3.63, 3.8) is 0 Å². The van der Waals surface area contributed by atoms with Crippen LogP contribution < -0.4 is 4.74 Å². The third-order valence-electron chi connectivity index (χ3n) is 1.64. The van der Waals surface area contributed by atoms with E-state index in [1.54, 1.807) is 11.9 Å². The number of rotatable bonds is 5. The number of para-hydroxylation sites is 1. The van der Waals surface area contributed by atoms with Crippen LogP contribution in [0.25, 0.3) is 0 Å². The fourth-order valence-corrected chi connectivity index (χ4v) is 0.877. The molecule has 0 aliphatic heterocycles. The maximum absolute atomic E-state index is 10.2. The quantitative estimate of drug-likeness (QED) is 0.635. The van der Waals surface area contributed by atoms with E-state index in [-0.39, 0.29) is 0 Å². The van der Waals surface area contributed by atoms with E-state index in [1.807, 2.05) is 30.3 Å². The first-order valence-corrected chi connectivity index (χ1v) is 4.16. The van der Waals surface area contributed by atoms with Gasteiger partial charge in [-0.05, 0) is 12.1 Å². The molecule has 0 aliphatic carbocycles. The molecule has 1 aromatic rings. The van der Waals surface area contributed by atoms with Gasteiger partial charge in [0.05, 0.1) is 6.54 Å². The van der Waals surface area contributed by atoms with Crippen molar-refractivity contribution in [2.45, 2.75) is 0 Å². The van der Waals surface area contributed by atoms with E-state index in [1.165, 1.54) is 0 Å². The van der Waals surface area contributed by atoms with Gasteiger partial charge in [0.2, 0.25) is 6.41 Å². The van der Waals surface area contributed by atoms with Gasteiger partial charge in [-0.1, -0.05) is 18.2 Å². The highest BCUT2D eigenvalue weighted by Gasteiger charge is 1.94. The number of benzene rings is 1. The summed E-state index contributed by atoms with van der Waals surface area (Å²) in [5, 5.41) is 0. The minimum Gasteiger partial charge on any atom is -0.492 e. The first-order chi connectivity index (χ1) is 6.33. The maximum atomic E-state index is 10.2. The second-order valence-electron chi connectivity index (χ2n) is 2.75. The molecule has 0 radical (unpaired) electrons. The van der Waals surface area contributed by atoms with Crippen molar-refractivity contribution in [1.82, 2.24) is 4.90 Å².